The number of hydrogen-bond donors (Lipinski definition) is 2. The van der Waals surface area contributed by atoms with E-state index in [1.165, 1.54) is 96.3 Å². The lowest BCUT2D eigenvalue weighted by atomic mass is 10.0. The highest BCUT2D eigenvalue weighted by molar-refractivity contribution is 6.11. The van der Waals surface area contributed by atoms with Crippen molar-refractivity contribution in [1.82, 2.24) is 15.5 Å². The van der Waals surface area contributed by atoms with E-state index in [4.69, 9.17) is 9.47 Å². The topological polar surface area (TPSA) is 131 Å². The first kappa shape index (κ1) is 59.7. The smallest absolute Gasteiger partial charge is 0.306 e. The van der Waals surface area contributed by atoms with Crippen molar-refractivity contribution in [2.45, 2.75) is 290 Å². The van der Waals surface area contributed by atoms with Gasteiger partial charge in [-0.2, -0.15) is 0 Å². The van der Waals surface area contributed by atoms with Gasteiger partial charge in [-0.25, -0.2) is 0 Å². The van der Waals surface area contributed by atoms with Crippen LogP contribution in [0, 0.1) is 0 Å². The number of imide groups is 1. The van der Waals surface area contributed by atoms with Crippen LogP contribution in [0.4, 0.5) is 0 Å². The molecule has 0 saturated carbocycles. The largest absolute Gasteiger partial charge is 0.462 e. The van der Waals surface area contributed by atoms with Gasteiger partial charge in [-0.15, -0.1) is 0 Å². The van der Waals surface area contributed by atoms with Crippen LogP contribution >= 0.6 is 0 Å². The van der Waals surface area contributed by atoms with Gasteiger partial charge in [0.15, 0.2) is 5.78 Å². The Morgan fingerprint density at radius 1 is 0.531 bits per heavy atom. The molecule has 0 spiro atoms. The quantitative estimate of drug-likeness (QED) is 0.0265. The molecule has 0 aromatic rings. The van der Waals surface area contributed by atoms with E-state index in [0.29, 0.717) is 25.8 Å². The maximum atomic E-state index is 12.9. The van der Waals surface area contributed by atoms with Gasteiger partial charge in [-0.05, 0) is 110 Å². The van der Waals surface area contributed by atoms with Crippen molar-refractivity contribution >= 4 is 29.5 Å². The molecule has 1 heterocycles. The lowest BCUT2D eigenvalue weighted by molar-refractivity contribution is -0.150. The Hall–Kier alpha value is -2.33. The number of hydrogen-bond acceptors (Lipinski definition) is 9. The number of carbonyl (C=O) groups excluding carboxylic acids is 5. The van der Waals surface area contributed by atoms with E-state index in [2.05, 4.69) is 43.2 Å². The first-order valence-corrected chi connectivity index (χ1v) is 27.4. The van der Waals surface area contributed by atoms with Crippen molar-refractivity contribution in [2.75, 3.05) is 26.2 Å². The van der Waals surface area contributed by atoms with Crippen LogP contribution in [-0.4, -0.2) is 78.9 Å². The molecule has 0 radical (unpaired) electrons. The van der Waals surface area contributed by atoms with Crippen LogP contribution in [0.15, 0.2) is 0 Å². The molecule has 374 valence electrons. The van der Waals surface area contributed by atoms with Gasteiger partial charge in [0.05, 0.1) is 0 Å². The van der Waals surface area contributed by atoms with Crippen molar-refractivity contribution in [3.8, 4) is 0 Å². The SMILES string of the molecule is CCCCCCCCC(CC)OC(=O)CCCCCCCN(CCCCCCCC(=O)OC(CCCCCCCC)CCCCCCCC)CCCNC1C(=O)CCCC(=O)NC1=O. The second-order valence-electron chi connectivity index (χ2n) is 19.2. The first-order chi connectivity index (χ1) is 31.2. The number of unbranched alkanes of at least 4 members (excludes halogenated alkanes) is 23. The van der Waals surface area contributed by atoms with Crippen LogP contribution in [-0.2, 0) is 33.4 Å². The van der Waals surface area contributed by atoms with Crippen LogP contribution in [0.5, 0.6) is 0 Å². The van der Waals surface area contributed by atoms with Gasteiger partial charge in [0.25, 0.3) is 5.91 Å². The summed E-state index contributed by atoms with van der Waals surface area (Å²) in [5, 5.41) is 5.49. The fraction of sp³-hybridized carbons (Fsp3) is 0.907. The lowest BCUT2D eigenvalue weighted by Crippen LogP contribution is -2.52. The predicted molar refractivity (Wildman–Crippen MR) is 264 cm³/mol. The van der Waals surface area contributed by atoms with Gasteiger partial charge in [0.2, 0.25) is 5.91 Å². The first-order valence-electron chi connectivity index (χ1n) is 27.4. The monoisotopic (exact) mass is 904 g/mol. The average molecular weight is 904 g/mol. The molecule has 2 amide bonds. The zero-order valence-corrected chi connectivity index (χ0v) is 42.2. The summed E-state index contributed by atoms with van der Waals surface area (Å²) in [6.45, 7) is 12.2. The van der Waals surface area contributed by atoms with Gasteiger partial charge in [-0.3, -0.25) is 34.6 Å². The summed E-state index contributed by atoms with van der Waals surface area (Å²) in [6.07, 6.45) is 39.8. The Morgan fingerprint density at radius 2 is 0.938 bits per heavy atom. The molecular formula is C54H101N3O7. The van der Waals surface area contributed by atoms with E-state index in [0.717, 1.165) is 135 Å². The van der Waals surface area contributed by atoms with E-state index < -0.39 is 11.9 Å². The number of nitrogens with zero attached hydrogens (tertiary/aromatic N) is 1. The summed E-state index contributed by atoms with van der Waals surface area (Å²) in [6, 6.07) is -0.966. The van der Waals surface area contributed by atoms with Crippen LogP contribution in [0.3, 0.4) is 0 Å². The predicted octanol–water partition coefficient (Wildman–Crippen LogP) is 13.2. The van der Waals surface area contributed by atoms with Crippen LogP contribution in [0.2, 0.25) is 0 Å². The van der Waals surface area contributed by atoms with Crippen molar-refractivity contribution in [2.24, 2.45) is 0 Å². The number of esters is 2. The summed E-state index contributed by atoms with van der Waals surface area (Å²) in [5.74, 6) is -1.06. The minimum Gasteiger partial charge on any atom is -0.462 e. The Bertz CT molecular complexity index is 1150. The molecule has 2 N–H and O–H groups in total. The molecular weight excluding hydrogens is 803 g/mol. The van der Waals surface area contributed by atoms with E-state index in [1.54, 1.807) is 0 Å². The summed E-state index contributed by atoms with van der Waals surface area (Å²) >= 11 is 0. The third-order valence-corrected chi connectivity index (χ3v) is 13.1. The van der Waals surface area contributed by atoms with E-state index in [1.807, 2.05) is 0 Å². The molecule has 10 nitrogen and oxygen atoms in total. The second kappa shape index (κ2) is 43.3. The summed E-state index contributed by atoms with van der Waals surface area (Å²) in [7, 11) is 0. The van der Waals surface area contributed by atoms with Crippen LogP contribution in [0.1, 0.15) is 272 Å². The molecule has 1 aliphatic heterocycles. The summed E-state index contributed by atoms with van der Waals surface area (Å²) in [4.78, 5) is 65.0. The summed E-state index contributed by atoms with van der Waals surface area (Å²) in [5.41, 5.74) is 0. The van der Waals surface area contributed by atoms with Crippen molar-refractivity contribution < 1.29 is 33.4 Å². The number of carbonyl (C=O) groups is 5. The maximum Gasteiger partial charge on any atom is 0.306 e. The highest BCUT2D eigenvalue weighted by atomic mass is 16.5. The average Bonchev–Trinajstić information content (AvgIpc) is 3.27. The highest BCUT2D eigenvalue weighted by Gasteiger charge is 2.29. The number of nitrogens with one attached hydrogen (secondary N) is 2. The zero-order valence-electron chi connectivity index (χ0n) is 42.2. The highest BCUT2D eigenvalue weighted by Crippen LogP contribution is 2.19. The number of ketones is 1. The second-order valence-corrected chi connectivity index (χ2v) is 19.2. The van der Waals surface area contributed by atoms with Crippen LogP contribution in [0.25, 0.3) is 0 Å². The number of Topliss-reactive ketones (excluding diaryl/α,β-unsaturated/α-hetero) is 1. The molecule has 0 aromatic carbocycles. The Balaban J connectivity index is 2.48. The zero-order chi connectivity index (χ0) is 46.7. The fourth-order valence-electron chi connectivity index (χ4n) is 8.90. The molecule has 2 atom stereocenters. The summed E-state index contributed by atoms with van der Waals surface area (Å²) < 4.78 is 11.9. The molecule has 1 rings (SSSR count). The van der Waals surface area contributed by atoms with Crippen molar-refractivity contribution in [1.29, 1.82) is 0 Å². The van der Waals surface area contributed by atoms with Crippen molar-refractivity contribution in [3.05, 3.63) is 0 Å². The standard InChI is InChI=1S/C54H101N3O7/c1-5-9-12-15-20-27-36-47(8-4)63-51(60)41-30-23-18-25-32-44-57(46-35-43-55-53-49(58)39-34-40-50(59)56-54(53)62)45-33-26-19-24-31-42-52(61)64-48(37-28-21-16-13-10-6-2)38-29-22-17-14-11-7-3/h47-48,53,55H,5-46H2,1-4H3,(H,56,59,62). The third kappa shape index (κ3) is 34.9. The van der Waals surface area contributed by atoms with Gasteiger partial charge in [0.1, 0.15) is 18.2 Å². The number of amides is 2. The normalized spacial score (nSPS) is 15.1. The fourth-order valence-corrected chi connectivity index (χ4v) is 8.90. The molecule has 64 heavy (non-hydrogen) atoms. The van der Waals surface area contributed by atoms with E-state index in [9.17, 15) is 24.0 Å². The molecule has 1 fully saturated rings. The molecule has 2 unspecified atom stereocenters. The van der Waals surface area contributed by atoms with Gasteiger partial charge >= 0.3 is 11.9 Å². The molecule has 0 aromatic heterocycles. The minimum absolute atomic E-state index is 0.0178. The lowest BCUT2D eigenvalue weighted by Gasteiger charge is -2.24. The molecule has 0 aliphatic carbocycles. The van der Waals surface area contributed by atoms with E-state index in [-0.39, 0.29) is 48.7 Å². The minimum atomic E-state index is -0.966. The Kier molecular flexibility index (Phi) is 40.3. The molecule has 1 aliphatic rings. The van der Waals surface area contributed by atoms with Gasteiger partial charge in [-0.1, -0.05) is 163 Å². The molecule has 0 bridgehead atoms. The van der Waals surface area contributed by atoms with Crippen molar-refractivity contribution in [3.63, 3.8) is 0 Å². The van der Waals surface area contributed by atoms with E-state index >= 15 is 0 Å². The Morgan fingerprint density at radius 3 is 1.42 bits per heavy atom. The van der Waals surface area contributed by atoms with Gasteiger partial charge in [0, 0.05) is 25.7 Å². The number of ether oxygens (including phenoxy) is 2. The number of rotatable bonds is 45. The van der Waals surface area contributed by atoms with Crippen LogP contribution < -0.4 is 10.6 Å². The molecule has 10 heteroatoms. The Labute approximate surface area is 393 Å². The third-order valence-electron chi connectivity index (χ3n) is 13.1. The maximum absolute atomic E-state index is 12.9. The van der Waals surface area contributed by atoms with Gasteiger partial charge < -0.3 is 14.4 Å². The molecule has 1 saturated heterocycles.